The van der Waals surface area contributed by atoms with E-state index in [2.05, 4.69) is 10.2 Å². The molecule has 1 aromatic carbocycles. The van der Waals surface area contributed by atoms with Crippen LogP contribution in [-0.2, 0) is 0 Å². The summed E-state index contributed by atoms with van der Waals surface area (Å²) in [6.07, 6.45) is 1.69. The maximum atomic E-state index is 13.2. The van der Waals surface area contributed by atoms with E-state index < -0.39 is 5.82 Å². The maximum absolute atomic E-state index is 13.2. The van der Waals surface area contributed by atoms with Gasteiger partial charge in [-0.1, -0.05) is 11.6 Å². The monoisotopic (exact) mass is 391 g/mol. The minimum Gasteiger partial charge on any atom is -0.420 e. The van der Waals surface area contributed by atoms with E-state index in [1.165, 1.54) is 12.1 Å². The molecule has 5 nitrogen and oxygen atoms in total. The summed E-state index contributed by atoms with van der Waals surface area (Å²) in [5.41, 5.74) is 1.20. The Morgan fingerprint density at radius 1 is 1.35 bits per heavy atom. The number of hydrogen-bond donors (Lipinski definition) is 0. The van der Waals surface area contributed by atoms with Crippen molar-refractivity contribution in [3.63, 3.8) is 0 Å². The Kier molecular flexibility index (Phi) is 4.74. The molecule has 0 spiro atoms. The average molecular weight is 392 g/mol. The number of nitrogens with zero attached hydrogens (tertiary/aromatic N) is 3. The van der Waals surface area contributed by atoms with E-state index in [4.69, 9.17) is 16.0 Å². The third-order valence-corrected chi connectivity index (χ3v) is 5.42. The van der Waals surface area contributed by atoms with Crippen molar-refractivity contribution in [3.05, 3.63) is 57.3 Å². The highest BCUT2D eigenvalue weighted by molar-refractivity contribution is 7.08. The molecule has 3 aromatic rings. The highest BCUT2D eigenvalue weighted by atomic mass is 35.5. The zero-order valence-electron chi connectivity index (χ0n) is 13.7. The van der Waals surface area contributed by atoms with Crippen LogP contribution in [0.15, 0.2) is 39.4 Å². The van der Waals surface area contributed by atoms with Crippen molar-refractivity contribution >= 4 is 28.8 Å². The molecule has 1 saturated heterocycles. The lowest BCUT2D eigenvalue weighted by Gasteiger charge is -2.31. The van der Waals surface area contributed by atoms with Crippen molar-refractivity contribution in [1.29, 1.82) is 0 Å². The number of hydrogen-bond acceptors (Lipinski definition) is 5. The van der Waals surface area contributed by atoms with Gasteiger partial charge in [0.05, 0.1) is 16.5 Å². The fraction of sp³-hybridized carbons (Fsp3) is 0.278. The van der Waals surface area contributed by atoms with E-state index in [1.54, 1.807) is 16.2 Å². The first-order valence-corrected chi connectivity index (χ1v) is 9.54. The topological polar surface area (TPSA) is 59.2 Å². The second-order valence-corrected chi connectivity index (χ2v) is 7.36. The van der Waals surface area contributed by atoms with Gasteiger partial charge in [0, 0.05) is 24.0 Å². The molecule has 0 saturated carbocycles. The molecular weight excluding hydrogens is 377 g/mol. The minimum atomic E-state index is -0.463. The van der Waals surface area contributed by atoms with E-state index in [0.29, 0.717) is 30.4 Å². The van der Waals surface area contributed by atoms with Gasteiger partial charge >= 0.3 is 0 Å². The summed E-state index contributed by atoms with van der Waals surface area (Å²) in [4.78, 5) is 14.5. The maximum Gasteiger partial charge on any atom is 0.255 e. The Bertz CT molecular complexity index is 928. The number of carbonyl (C=O) groups is 1. The zero-order valence-corrected chi connectivity index (χ0v) is 15.3. The van der Waals surface area contributed by atoms with Crippen LogP contribution in [0, 0.1) is 5.82 Å². The first-order chi connectivity index (χ1) is 12.6. The fourth-order valence-electron chi connectivity index (χ4n) is 3.10. The fourth-order valence-corrected chi connectivity index (χ4v) is 3.98. The number of benzene rings is 1. The standard InChI is InChI=1S/C18H15ClFN3O2S/c19-15-8-13(20)3-4-14(15)18(24)23-6-1-2-11(9-23)16-21-22-17(25-16)12-5-7-26-10-12/h3-5,7-8,10-11H,1-2,6,9H2/t11-/m0/s1. The molecule has 2 aromatic heterocycles. The Labute approximate surface area is 158 Å². The number of piperidine rings is 1. The molecule has 0 unspecified atom stereocenters. The largest absolute Gasteiger partial charge is 0.420 e. The van der Waals surface area contributed by atoms with Crippen LogP contribution in [0.4, 0.5) is 4.39 Å². The Hall–Kier alpha value is -2.25. The molecular formula is C18H15ClFN3O2S. The lowest BCUT2D eigenvalue weighted by molar-refractivity contribution is 0.0698. The molecule has 0 aliphatic carbocycles. The van der Waals surface area contributed by atoms with Gasteiger partial charge in [-0.2, -0.15) is 11.3 Å². The predicted molar refractivity (Wildman–Crippen MR) is 96.9 cm³/mol. The van der Waals surface area contributed by atoms with E-state index in [9.17, 15) is 9.18 Å². The molecule has 0 bridgehead atoms. The van der Waals surface area contributed by atoms with Crippen LogP contribution in [0.2, 0.25) is 5.02 Å². The highest BCUT2D eigenvalue weighted by Gasteiger charge is 2.30. The molecule has 1 atom stereocenters. The molecule has 1 fully saturated rings. The van der Waals surface area contributed by atoms with Crippen molar-refractivity contribution in [2.75, 3.05) is 13.1 Å². The third kappa shape index (κ3) is 3.37. The Balaban J connectivity index is 1.51. The molecule has 134 valence electrons. The highest BCUT2D eigenvalue weighted by Crippen LogP contribution is 2.30. The molecule has 8 heteroatoms. The number of halogens is 2. The smallest absolute Gasteiger partial charge is 0.255 e. The van der Waals surface area contributed by atoms with Gasteiger partial charge in [-0.3, -0.25) is 4.79 Å². The van der Waals surface area contributed by atoms with Crippen molar-refractivity contribution in [1.82, 2.24) is 15.1 Å². The lowest BCUT2D eigenvalue weighted by atomic mass is 9.97. The summed E-state index contributed by atoms with van der Waals surface area (Å²) in [6.45, 7) is 1.09. The number of aromatic nitrogens is 2. The van der Waals surface area contributed by atoms with Gasteiger partial charge in [-0.05, 0) is 42.5 Å². The molecule has 4 rings (SSSR count). The molecule has 26 heavy (non-hydrogen) atoms. The molecule has 1 amide bonds. The van der Waals surface area contributed by atoms with Gasteiger partial charge in [0.1, 0.15) is 5.82 Å². The first-order valence-electron chi connectivity index (χ1n) is 8.22. The lowest BCUT2D eigenvalue weighted by Crippen LogP contribution is -2.39. The summed E-state index contributed by atoms with van der Waals surface area (Å²) in [5, 5.41) is 12.3. The van der Waals surface area contributed by atoms with Crippen LogP contribution in [0.1, 0.15) is 35.0 Å². The molecule has 0 N–H and O–H groups in total. The summed E-state index contributed by atoms with van der Waals surface area (Å²) in [6, 6.07) is 5.74. The zero-order chi connectivity index (χ0) is 18.1. The Morgan fingerprint density at radius 3 is 3.00 bits per heavy atom. The number of likely N-dealkylation sites (tertiary alicyclic amines) is 1. The van der Waals surface area contributed by atoms with Crippen LogP contribution < -0.4 is 0 Å². The summed E-state index contributed by atoms with van der Waals surface area (Å²) in [7, 11) is 0. The second kappa shape index (κ2) is 7.17. The predicted octanol–water partition coefficient (Wildman–Crippen LogP) is 4.61. The third-order valence-electron chi connectivity index (χ3n) is 4.43. The summed E-state index contributed by atoms with van der Waals surface area (Å²) >= 11 is 7.59. The minimum absolute atomic E-state index is 0.0215. The van der Waals surface area contributed by atoms with Gasteiger partial charge in [0.2, 0.25) is 11.8 Å². The van der Waals surface area contributed by atoms with Gasteiger partial charge in [0.25, 0.3) is 5.91 Å². The van der Waals surface area contributed by atoms with Crippen molar-refractivity contribution in [2.24, 2.45) is 0 Å². The quantitative estimate of drug-likeness (QED) is 0.654. The van der Waals surface area contributed by atoms with Crippen LogP contribution in [0.25, 0.3) is 11.5 Å². The van der Waals surface area contributed by atoms with E-state index in [-0.39, 0.29) is 16.8 Å². The molecule has 0 radical (unpaired) electrons. The average Bonchev–Trinajstić information content (AvgIpc) is 3.33. The first kappa shape index (κ1) is 17.2. The second-order valence-electron chi connectivity index (χ2n) is 6.17. The number of rotatable bonds is 3. The number of carbonyl (C=O) groups excluding carboxylic acids is 1. The molecule has 1 aliphatic heterocycles. The van der Waals surface area contributed by atoms with Crippen molar-refractivity contribution in [3.8, 4) is 11.5 Å². The summed E-state index contributed by atoms with van der Waals surface area (Å²) < 4.78 is 19.0. The van der Waals surface area contributed by atoms with Crippen LogP contribution >= 0.6 is 22.9 Å². The molecule has 3 heterocycles. The van der Waals surface area contributed by atoms with Crippen molar-refractivity contribution in [2.45, 2.75) is 18.8 Å². The van der Waals surface area contributed by atoms with E-state index in [0.717, 1.165) is 24.5 Å². The summed E-state index contributed by atoms with van der Waals surface area (Å²) in [5.74, 6) is 0.333. The Morgan fingerprint density at radius 2 is 2.23 bits per heavy atom. The molecule has 1 aliphatic rings. The van der Waals surface area contributed by atoms with Crippen LogP contribution in [0.3, 0.4) is 0 Å². The SMILES string of the molecule is O=C(c1ccc(F)cc1Cl)N1CCC[C@H](c2nnc(-c3ccsc3)o2)C1. The van der Waals surface area contributed by atoms with Crippen molar-refractivity contribution < 1.29 is 13.6 Å². The van der Waals surface area contributed by atoms with Gasteiger partial charge in [-0.15, -0.1) is 10.2 Å². The number of thiophene rings is 1. The number of amides is 1. The normalized spacial score (nSPS) is 17.5. The van der Waals surface area contributed by atoms with E-state index in [1.807, 2.05) is 16.8 Å². The van der Waals surface area contributed by atoms with Gasteiger partial charge in [-0.25, -0.2) is 4.39 Å². The van der Waals surface area contributed by atoms with Crippen LogP contribution in [-0.4, -0.2) is 34.1 Å². The van der Waals surface area contributed by atoms with Gasteiger partial charge in [0.15, 0.2) is 0 Å². The van der Waals surface area contributed by atoms with Crippen LogP contribution in [0.5, 0.6) is 0 Å². The van der Waals surface area contributed by atoms with Gasteiger partial charge < -0.3 is 9.32 Å². The van der Waals surface area contributed by atoms with E-state index >= 15 is 0 Å².